The Morgan fingerprint density at radius 2 is 1.83 bits per heavy atom. The lowest BCUT2D eigenvalue weighted by Gasteiger charge is -2.26. The fourth-order valence-electron chi connectivity index (χ4n) is 1.56. The Kier molecular flexibility index (Phi) is 5.32. The van der Waals surface area contributed by atoms with E-state index in [2.05, 4.69) is 10.2 Å². The van der Waals surface area contributed by atoms with Crippen molar-refractivity contribution in [2.75, 3.05) is 39.3 Å². The molecular weight excluding hydrogens is 152 g/mol. The molecule has 0 aromatic carbocycles. The van der Waals surface area contributed by atoms with E-state index >= 15 is 0 Å². The molecule has 1 rings (SSSR count). The number of hydrogen-bond donors (Lipinski definition) is 2. The zero-order valence-electron chi connectivity index (χ0n) is 7.76. The third kappa shape index (κ3) is 4.04. The van der Waals surface area contributed by atoms with E-state index in [9.17, 15) is 0 Å². The lowest BCUT2D eigenvalue weighted by Crippen LogP contribution is -2.43. The molecule has 1 fully saturated rings. The minimum atomic E-state index is 0.349. The van der Waals surface area contributed by atoms with Gasteiger partial charge in [0.2, 0.25) is 0 Å². The first-order valence-corrected chi connectivity index (χ1v) is 4.97. The standard InChI is InChI=1S/C9H20N2O/c12-9-3-1-2-6-11-7-4-10-5-8-11/h10,12H,1-9H2. The molecule has 0 aliphatic carbocycles. The maximum Gasteiger partial charge on any atom is 0.0431 e. The molecule has 0 bridgehead atoms. The molecule has 0 amide bonds. The molecule has 3 nitrogen and oxygen atoms in total. The van der Waals surface area contributed by atoms with Gasteiger partial charge in [-0.25, -0.2) is 0 Å². The summed E-state index contributed by atoms with van der Waals surface area (Å²) in [6, 6.07) is 0. The van der Waals surface area contributed by atoms with Gasteiger partial charge in [-0.15, -0.1) is 0 Å². The van der Waals surface area contributed by atoms with Crippen LogP contribution in [0.4, 0.5) is 0 Å². The summed E-state index contributed by atoms with van der Waals surface area (Å²) in [5.74, 6) is 0. The van der Waals surface area contributed by atoms with Gasteiger partial charge in [-0.1, -0.05) is 0 Å². The molecule has 1 saturated heterocycles. The molecule has 1 aliphatic rings. The number of aliphatic hydroxyl groups excluding tert-OH is 1. The highest BCUT2D eigenvalue weighted by atomic mass is 16.2. The van der Waals surface area contributed by atoms with Crippen LogP contribution in [0, 0.1) is 0 Å². The van der Waals surface area contributed by atoms with E-state index in [1.807, 2.05) is 0 Å². The second-order valence-electron chi connectivity index (χ2n) is 3.38. The van der Waals surface area contributed by atoms with Crippen LogP contribution in [0.3, 0.4) is 0 Å². The molecule has 2 N–H and O–H groups in total. The predicted octanol–water partition coefficient (Wildman–Crippen LogP) is 0.0542. The molecular formula is C9H20N2O. The summed E-state index contributed by atoms with van der Waals surface area (Å²) in [5.41, 5.74) is 0. The Balaban J connectivity index is 1.91. The molecule has 0 radical (unpaired) electrons. The first-order valence-electron chi connectivity index (χ1n) is 4.97. The minimum Gasteiger partial charge on any atom is -0.396 e. The van der Waals surface area contributed by atoms with Crippen molar-refractivity contribution >= 4 is 0 Å². The quantitative estimate of drug-likeness (QED) is 0.575. The molecule has 12 heavy (non-hydrogen) atoms. The van der Waals surface area contributed by atoms with Gasteiger partial charge in [-0.3, -0.25) is 0 Å². The van der Waals surface area contributed by atoms with Gasteiger partial charge >= 0.3 is 0 Å². The topological polar surface area (TPSA) is 35.5 Å². The molecule has 3 heteroatoms. The van der Waals surface area contributed by atoms with Crippen LogP contribution in [0.2, 0.25) is 0 Å². The van der Waals surface area contributed by atoms with Crippen LogP contribution >= 0.6 is 0 Å². The van der Waals surface area contributed by atoms with E-state index in [0.717, 1.165) is 19.5 Å². The Labute approximate surface area is 74.8 Å². The molecule has 0 aromatic heterocycles. The highest BCUT2D eigenvalue weighted by molar-refractivity contribution is 4.66. The number of hydrogen-bond acceptors (Lipinski definition) is 3. The van der Waals surface area contributed by atoms with Crippen molar-refractivity contribution in [2.45, 2.75) is 19.3 Å². The third-order valence-corrected chi connectivity index (χ3v) is 2.34. The summed E-state index contributed by atoms with van der Waals surface area (Å²) in [4.78, 5) is 2.49. The summed E-state index contributed by atoms with van der Waals surface area (Å²) in [6.07, 6.45) is 3.37. The van der Waals surface area contributed by atoms with Crippen molar-refractivity contribution in [3.8, 4) is 0 Å². The Bertz CT molecular complexity index is 103. The highest BCUT2D eigenvalue weighted by Crippen LogP contribution is 1.99. The van der Waals surface area contributed by atoms with Crippen LogP contribution in [0.15, 0.2) is 0 Å². The van der Waals surface area contributed by atoms with Crippen molar-refractivity contribution in [1.82, 2.24) is 10.2 Å². The van der Waals surface area contributed by atoms with Crippen molar-refractivity contribution in [3.05, 3.63) is 0 Å². The monoisotopic (exact) mass is 172 g/mol. The summed E-state index contributed by atoms with van der Waals surface area (Å²) < 4.78 is 0. The third-order valence-electron chi connectivity index (χ3n) is 2.34. The van der Waals surface area contributed by atoms with Gasteiger partial charge in [0.15, 0.2) is 0 Å². The fraction of sp³-hybridized carbons (Fsp3) is 1.00. The summed E-state index contributed by atoms with van der Waals surface area (Å²) in [5, 5.41) is 11.9. The molecule has 1 heterocycles. The Morgan fingerprint density at radius 1 is 1.08 bits per heavy atom. The van der Waals surface area contributed by atoms with E-state index in [1.165, 1.54) is 32.5 Å². The van der Waals surface area contributed by atoms with Crippen LogP contribution in [0.1, 0.15) is 19.3 Å². The first-order chi connectivity index (χ1) is 5.93. The van der Waals surface area contributed by atoms with E-state index < -0.39 is 0 Å². The van der Waals surface area contributed by atoms with Crippen LogP contribution < -0.4 is 5.32 Å². The van der Waals surface area contributed by atoms with Crippen molar-refractivity contribution in [1.29, 1.82) is 0 Å². The van der Waals surface area contributed by atoms with Gasteiger partial charge in [0.25, 0.3) is 0 Å². The maximum atomic E-state index is 8.58. The number of unbranched alkanes of at least 4 members (excludes halogenated alkanes) is 2. The SMILES string of the molecule is OCCCCCN1CCNCC1. The van der Waals surface area contributed by atoms with Crippen molar-refractivity contribution in [2.24, 2.45) is 0 Å². The molecule has 0 unspecified atom stereocenters. The summed E-state index contributed by atoms with van der Waals surface area (Å²) >= 11 is 0. The number of nitrogens with one attached hydrogen (secondary N) is 1. The number of aliphatic hydroxyl groups is 1. The van der Waals surface area contributed by atoms with E-state index in [0.29, 0.717) is 6.61 Å². The van der Waals surface area contributed by atoms with Gasteiger partial charge in [-0.05, 0) is 25.8 Å². The average Bonchev–Trinajstić information content (AvgIpc) is 2.14. The molecule has 1 aliphatic heterocycles. The average molecular weight is 172 g/mol. The summed E-state index contributed by atoms with van der Waals surface area (Å²) in [6.45, 7) is 6.22. The van der Waals surface area contributed by atoms with Crippen LogP contribution in [0.25, 0.3) is 0 Å². The highest BCUT2D eigenvalue weighted by Gasteiger charge is 2.07. The second kappa shape index (κ2) is 6.40. The molecule has 0 spiro atoms. The molecule has 0 aromatic rings. The van der Waals surface area contributed by atoms with Gasteiger partial charge in [0, 0.05) is 32.8 Å². The van der Waals surface area contributed by atoms with Gasteiger partial charge in [-0.2, -0.15) is 0 Å². The number of nitrogens with zero attached hydrogens (tertiary/aromatic N) is 1. The van der Waals surface area contributed by atoms with Gasteiger partial charge < -0.3 is 15.3 Å². The maximum absolute atomic E-state index is 8.58. The zero-order chi connectivity index (χ0) is 8.65. The van der Waals surface area contributed by atoms with Crippen LogP contribution in [-0.2, 0) is 0 Å². The predicted molar refractivity (Wildman–Crippen MR) is 50.2 cm³/mol. The fourth-order valence-corrected chi connectivity index (χ4v) is 1.56. The lowest BCUT2D eigenvalue weighted by molar-refractivity contribution is 0.229. The van der Waals surface area contributed by atoms with Crippen LogP contribution in [-0.4, -0.2) is 49.3 Å². The zero-order valence-corrected chi connectivity index (χ0v) is 7.76. The van der Waals surface area contributed by atoms with Gasteiger partial charge in [0.1, 0.15) is 0 Å². The second-order valence-corrected chi connectivity index (χ2v) is 3.38. The number of rotatable bonds is 5. The van der Waals surface area contributed by atoms with Crippen molar-refractivity contribution < 1.29 is 5.11 Å². The van der Waals surface area contributed by atoms with Crippen molar-refractivity contribution in [3.63, 3.8) is 0 Å². The normalized spacial score (nSPS) is 19.8. The molecule has 72 valence electrons. The first kappa shape index (κ1) is 9.96. The van der Waals surface area contributed by atoms with Gasteiger partial charge in [0.05, 0.1) is 0 Å². The minimum absolute atomic E-state index is 0.349. The van der Waals surface area contributed by atoms with E-state index in [1.54, 1.807) is 0 Å². The number of piperazine rings is 1. The van der Waals surface area contributed by atoms with Crippen LogP contribution in [0.5, 0.6) is 0 Å². The smallest absolute Gasteiger partial charge is 0.0431 e. The molecule has 0 saturated carbocycles. The largest absolute Gasteiger partial charge is 0.396 e. The lowest BCUT2D eigenvalue weighted by atomic mass is 10.2. The summed E-state index contributed by atoms with van der Waals surface area (Å²) in [7, 11) is 0. The van der Waals surface area contributed by atoms with E-state index in [4.69, 9.17) is 5.11 Å². The van der Waals surface area contributed by atoms with E-state index in [-0.39, 0.29) is 0 Å². The Morgan fingerprint density at radius 3 is 2.50 bits per heavy atom. The molecule has 0 atom stereocenters. The Hall–Kier alpha value is -0.120.